The number of amides is 1. The molecule has 1 saturated carbocycles. The van der Waals surface area contributed by atoms with Crippen LogP contribution in [-0.4, -0.2) is 16.8 Å². The van der Waals surface area contributed by atoms with E-state index < -0.39 is 0 Å². The highest BCUT2D eigenvalue weighted by molar-refractivity contribution is 9.09. The minimum absolute atomic E-state index is 0.0148. The van der Waals surface area contributed by atoms with Gasteiger partial charge in [-0.1, -0.05) is 40.5 Å². The molecule has 0 heterocycles. The topological polar surface area (TPSA) is 29.1 Å². The highest BCUT2D eigenvalue weighted by atomic mass is 79.9. The Bertz CT molecular complexity index is 495. The van der Waals surface area contributed by atoms with E-state index in [0.717, 1.165) is 29.7 Å². The first-order valence-corrected chi connectivity index (χ1v) is 8.61. The molecule has 2 nitrogen and oxygen atoms in total. The fourth-order valence-corrected chi connectivity index (χ4v) is 3.64. The number of hydrogen-bond acceptors (Lipinski definition) is 1. The lowest BCUT2D eigenvalue weighted by atomic mass is 9.78. The van der Waals surface area contributed by atoms with Gasteiger partial charge in [0.25, 0.3) is 5.91 Å². The first-order valence-electron chi connectivity index (χ1n) is 7.11. The van der Waals surface area contributed by atoms with Crippen molar-refractivity contribution in [3.05, 3.63) is 34.3 Å². The largest absolute Gasteiger partial charge is 0.346 e. The summed E-state index contributed by atoms with van der Waals surface area (Å²) in [6.07, 6.45) is 4.40. The molecule has 110 valence electrons. The Kier molecular flexibility index (Phi) is 5.14. The molecule has 0 saturated heterocycles. The first-order chi connectivity index (χ1) is 9.47. The van der Waals surface area contributed by atoms with Gasteiger partial charge in [0.15, 0.2) is 0 Å². The number of nitrogens with one attached hydrogen (secondary N) is 1. The van der Waals surface area contributed by atoms with Gasteiger partial charge in [0.1, 0.15) is 0 Å². The molecule has 0 atom stereocenters. The van der Waals surface area contributed by atoms with E-state index in [9.17, 15) is 4.79 Å². The van der Waals surface area contributed by atoms with Crippen molar-refractivity contribution in [2.24, 2.45) is 5.92 Å². The van der Waals surface area contributed by atoms with E-state index in [1.807, 2.05) is 25.1 Å². The van der Waals surface area contributed by atoms with Crippen LogP contribution in [0.3, 0.4) is 0 Å². The Hall–Kier alpha value is -0.540. The molecule has 1 amide bonds. The van der Waals surface area contributed by atoms with E-state index in [2.05, 4.69) is 28.2 Å². The predicted molar refractivity (Wildman–Crippen MR) is 87.8 cm³/mol. The molecule has 4 heteroatoms. The monoisotopic (exact) mass is 357 g/mol. The van der Waals surface area contributed by atoms with E-state index >= 15 is 0 Å². The number of halogens is 2. The molecule has 0 spiro atoms. The van der Waals surface area contributed by atoms with Crippen molar-refractivity contribution in [3.63, 3.8) is 0 Å². The van der Waals surface area contributed by atoms with Crippen molar-refractivity contribution < 1.29 is 4.79 Å². The van der Waals surface area contributed by atoms with Crippen LogP contribution < -0.4 is 5.32 Å². The predicted octanol–water partition coefficient (Wildman–Crippen LogP) is 4.72. The van der Waals surface area contributed by atoms with E-state index in [1.54, 1.807) is 0 Å². The summed E-state index contributed by atoms with van der Waals surface area (Å²) in [4.78, 5) is 12.5. The number of carbonyl (C=O) groups is 1. The lowest BCUT2D eigenvalue weighted by molar-refractivity contribution is 0.0874. The molecule has 1 aliphatic rings. The smallest absolute Gasteiger partial charge is 0.252 e. The Morgan fingerprint density at radius 2 is 2.10 bits per heavy atom. The van der Waals surface area contributed by atoms with Crippen molar-refractivity contribution in [3.8, 4) is 0 Å². The van der Waals surface area contributed by atoms with Crippen LogP contribution >= 0.6 is 27.5 Å². The lowest BCUT2D eigenvalue weighted by Crippen LogP contribution is -2.52. The number of alkyl halides is 1. The lowest BCUT2D eigenvalue weighted by Gasteiger charge is -2.39. The second kappa shape index (κ2) is 6.48. The molecule has 0 aliphatic heterocycles. The Morgan fingerprint density at radius 1 is 1.45 bits per heavy atom. The Morgan fingerprint density at radius 3 is 2.70 bits per heavy atom. The molecule has 0 unspecified atom stereocenters. The van der Waals surface area contributed by atoms with Crippen LogP contribution in [0.4, 0.5) is 0 Å². The zero-order valence-electron chi connectivity index (χ0n) is 12.0. The molecule has 1 aromatic rings. The van der Waals surface area contributed by atoms with Gasteiger partial charge in [-0.25, -0.2) is 0 Å². The molecular formula is C16H21BrClNO. The van der Waals surface area contributed by atoms with E-state index in [-0.39, 0.29) is 11.4 Å². The van der Waals surface area contributed by atoms with Gasteiger partial charge in [0.2, 0.25) is 0 Å². The van der Waals surface area contributed by atoms with Crippen molar-refractivity contribution >= 4 is 33.4 Å². The maximum Gasteiger partial charge on any atom is 0.252 e. The van der Waals surface area contributed by atoms with Gasteiger partial charge in [0.05, 0.1) is 5.54 Å². The van der Waals surface area contributed by atoms with Gasteiger partial charge in [-0.2, -0.15) is 0 Å². The summed E-state index contributed by atoms with van der Waals surface area (Å²) in [5.41, 5.74) is 1.41. The van der Waals surface area contributed by atoms with Crippen molar-refractivity contribution in [1.82, 2.24) is 5.32 Å². The average Bonchev–Trinajstić information content (AvgIpc) is 2.44. The number of benzene rings is 1. The van der Waals surface area contributed by atoms with Crippen molar-refractivity contribution in [2.45, 2.75) is 45.1 Å². The fraction of sp³-hybridized carbons (Fsp3) is 0.562. The quantitative estimate of drug-likeness (QED) is 0.778. The van der Waals surface area contributed by atoms with E-state index in [1.165, 1.54) is 12.8 Å². The van der Waals surface area contributed by atoms with Crippen LogP contribution in [-0.2, 0) is 0 Å². The van der Waals surface area contributed by atoms with Crippen molar-refractivity contribution in [1.29, 1.82) is 0 Å². The standard InChI is InChI=1S/C16H21BrClNO/c1-11-6-8-16(10-17,9-7-11)19-15(20)13-4-3-5-14(18)12(13)2/h3-5,11H,6-10H2,1-2H3,(H,19,20). The van der Waals surface area contributed by atoms with E-state index in [4.69, 9.17) is 11.6 Å². The Balaban J connectivity index is 2.15. The number of carbonyl (C=O) groups excluding carboxylic acids is 1. The molecule has 2 rings (SSSR count). The second-order valence-corrected chi connectivity index (χ2v) is 6.93. The summed E-state index contributed by atoms with van der Waals surface area (Å²) >= 11 is 9.68. The van der Waals surface area contributed by atoms with Crippen LogP contribution in [0.1, 0.15) is 48.5 Å². The van der Waals surface area contributed by atoms with Gasteiger partial charge in [-0.05, 0) is 56.2 Å². The van der Waals surface area contributed by atoms with Crippen LogP contribution in [0.15, 0.2) is 18.2 Å². The normalized spacial score (nSPS) is 26.3. The molecule has 20 heavy (non-hydrogen) atoms. The molecular weight excluding hydrogens is 338 g/mol. The first kappa shape index (κ1) is 15.8. The summed E-state index contributed by atoms with van der Waals surface area (Å²) in [6.45, 7) is 4.17. The highest BCUT2D eigenvalue weighted by Crippen LogP contribution is 2.33. The molecule has 1 aliphatic carbocycles. The molecule has 0 aromatic heterocycles. The average molecular weight is 359 g/mol. The Labute approximate surface area is 134 Å². The minimum Gasteiger partial charge on any atom is -0.346 e. The summed E-state index contributed by atoms with van der Waals surface area (Å²) in [5, 5.41) is 4.69. The second-order valence-electron chi connectivity index (χ2n) is 5.96. The van der Waals surface area contributed by atoms with Crippen molar-refractivity contribution in [2.75, 3.05) is 5.33 Å². The van der Waals surface area contributed by atoms with Gasteiger partial charge < -0.3 is 5.32 Å². The SMILES string of the molecule is Cc1c(Cl)cccc1C(=O)NC1(CBr)CCC(C)CC1. The third kappa shape index (κ3) is 3.37. The van der Waals surface area contributed by atoms with Crippen LogP contribution in [0.2, 0.25) is 5.02 Å². The maximum atomic E-state index is 12.5. The summed E-state index contributed by atoms with van der Waals surface area (Å²) in [5.74, 6) is 0.742. The summed E-state index contributed by atoms with van der Waals surface area (Å²) in [7, 11) is 0. The molecule has 0 radical (unpaired) electrons. The molecule has 1 fully saturated rings. The van der Waals surface area contributed by atoms with Gasteiger partial charge in [-0.3, -0.25) is 4.79 Å². The third-order valence-corrected chi connectivity index (χ3v) is 5.86. The van der Waals surface area contributed by atoms with E-state index in [0.29, 0.717) is 10.6 Å². The van der Waals surface area contributed by atoms with Gasteiger partial charge >= 0.3 is 0 Å². The van der Waals surface area contributed by atoms with Crippen LogP contribution in [0, 0.1) is 12.8 Å². The molecule has 1 N–H and O–H groups in total. The van der Waals surface area contributed by atoms with Gasteiger partial charge in [0, 0.05) is 15.9 Å². The molecule has 0 bridgehead atoms. The van der Waals surface area contributed by atoms with Crippen LogP contribution in [0.5, 0.6) is 0 Å². The third-order valence-electron chi connectivity index (χ3n) is 4.38. The highest BCUT2D eigenvalue weighted by Gasteiger charge is 2.35. The fourth-order valence-electron chi connectivity index (χ4n) is 2.77. The van der Waals surface area contributed by atoms with Gasteiger partial charge in [-0.15, -0.1) is 0 Å². The zero-order chi connectivity index (χ0) is 14.8. The minimum atomic E-state index is -0.113. The number of rotatable bonds is 3. The maximum absolute atomic E-state index is 12.5. The number of hydrogen-bond donors (Lipinski definition) is 1. The zero-order valence-corrected chi connectivity index (χ0v) is 14.4. The summed E-state index contributed by atoms with van der Waals surface area (Å²) in [6, 6.07) is 5.48. The van der Waals surface area contributed by atoms with Crippen LogP contribution in [0.25, 0.3) is 0 Å². The molecule has 1 aromatic carbocycles. The summed E-state index contributed by atoms with van der Waals surface area (Å²) < 4.78 is 0.